The van der Waals surface area contributed by atoms with Crippen molar-refractivity contribution >= 4 is 62.2 Å². The van der Waals surface area contributed by atoms with Crippen molar-refractivity contribution in [3.63, 3.8) is 0 Å². The van der Waals surface area contributed by atoms with Gasteiger partial charge in [-0.1, -0.05) is 12.1 Å². The van der Waals surface area contributed by atoms with Crippen LogP contribution in [0.25, 0.3) is 0 Å². The summed E-state index contributed by atoms with van der Waals surface area (Å²) in [4.78, 5) is 50.4. The number of fused-ring (bicyclic) bond motifs is 1. The third-order valence-corrected chi connectivity index (χ3v) is 7.30. The van der Waals surface area contributed by atoms with E-state index in [9.17, 15) is 19.2 Å². The van der Waals surface area contributed by atoms with Crippen molar-refractivity contribution in [2.75, 3.05) is 11.9 Å². The Morgan fingerprint density at radius 3 is 2.51 bits per heavy atom. The summed E-state index contributed by atoms with van der Waals surface area (Å²) in [5, 5.41) is 6.62. The van der Waals surface area contributed by atoms with Crippen molar-refractivity contribution in [3.8, 4) is 5.75 Å². The number of nitrogens with one attached hydrogen (secondary N) is 2. The number of carbonyl (C=O) groups excluding carboxylic acids is 4. The molecule has 0 aliphatic heterocycles. The van der Waals surface area contributed by atoms with Gasteiger partial charge in [-0.3, -0.25) is 9.59 Å². The number of anilines is 1. The fourth-order valence-electron chi connectivity index (χ4n) is 3.70. The molecule has 1 aliphatic rings. The zero-order valence-corrected chi connectivity index (χ0v) is 22.1. The van der Waals surface area contributed by atoms with Crippen LogP contribution in [0.15, 0.2) is 58.1 Å². The molecule has 1 heterocycles. The molecule has 37 heavy (non-hydrogen) atoms. The van der Waals surface area contributed by atoms with Crippen LogP contribution in [-0.2, 0) is 27.2 Å². The highest BCUT2D eigenvalue weighted by atomic mass is 79.9. The second kappa shape index (κ2) is 11.9. The van der Waals surface area contributed by atoms with E-state index in [0.29, 0.717) is 31.9 Å². The van der Waals surface area contributed by atoms with E-state index in [2.05, 4.69) is 31.8 Å². The highest BCUT2D eigenvalue weighted by Crippen LogP contribution is 2.39. The van der Waals surface area contributed by atoms with E-state index in [1.54, 1.807) is 55.5 Å². The van der Waals surface area contributed by atoms with Gasteiger partial charge in [-0.25, -0.2) is 15.0 Å². The average Bonchev–Trinajstić information content (AvgIpc) is 3.46. The van der Waals surface area contributed by atoms with Crippen molar-refractivity contribution in [2.45, 2.75) is 26.2 Å². The fraction of sp³-hybridized carbons (Fsp3) is 0.192. The van der Waals surface area contributed by atoms with Gasteiger partial charge in [0.15, 0.2) is 0 Å². The van der Waals surface area contributed by atoms with Crippen LogP contribution >= 0.6 is 27.3 Å². The first-order valence-corrected chi connectivity index (χ1v) is 13.0. The Labute approximate surface area is 225 Å². The molecule has 0 saturated heterocycles. The molecule has 1 aliphatic carbocycles. The molecule has 0 fully saturated rings. The first kappa shape index (κ1) is 26.2. The smallest absolute Gasteiger partial charge is 0.344 e. The molecule has 3 aromatic rings. The summed E-state index contributed by atoms with van der Waals surface area (Å²) in [5.74, 6) is -2.62. The molecule has 2 N–H and O–H groups in total. The molecule has 0 atom stereocenters. The van der Waals surface area contributed by atoms with Crippen molar-refractivity contribution in [1.29, 1.82) is 0 Å². The maximum atomic E-state index is 12.4. The molecule has 1 aromatic heterocycles. The number of hydrogen-bond acceptors (Lipinski definition) is 8. The van der Waals surface area contributed by atoms with Crippen LogP contribution in [-0.4, -0.2) is 36.6 Å². The SMILES string of the molecule is CCOC(=O)c1c(NC(=O)C(=O)NN=Cc2ccc(OC(=O)c3ccccc3Br)cc2)sc2c1CCC2. The van der Waals surface area contributed by atoms with Gasteiger partial charge in [-0.15, -0.1) is 11.3 Å². The summed E-state index contributed by atoms with van der Waals surface area (Å²) in [7, 11) is 0. The molecule has 4 rings (SSSR count). The Bertz CT molecular complexity index is 1380. The Morgan fingerprint density at radius 1 is 1.03 bits per heavy atom. The minimum atomic E-state index is -0.987. The average molecular weight is 584 g/mol. The van der Waals surface area contributed by atoms with Crippen LogP contribution in [0.4, 0.5) is 5.00 Å². The first-order chi connectivity index (χ1) is 17.9. The van der Waals surface area contributed by atoms with Crippen LogP contribution in [0.5, 0.6) is 5.75 Å². The molecule has 2 aromatic carbocycles. The topological polar surface area (TPSA) is 123 Å². The van der Waals surface area contributed by atoms with E-state index in [1.807, 2.05) is 0 Å². The summed E-state index contributed by atoms with van der Waals surface area (Å²) in [6.45, 7) is 1.92. The molecule has 2 amide bonds. The highest BCUT2D eigenvalue weighted by Gasteiger charge is 2.29. The van der Waals surface area contributed by atoms with Gasteiger partial charge in [0.2, 0.25) is 0 Å². The Hall–Kier alpha value is -3.83. The highest BCUT2D eigenvalue weighted by molar-refractivity contribution is 9.10. The number of nitrogens with zero attached hydrogens (tertiary/aromatic N) is 1. The lowest BCUT2D eigenvalue weighted by Gasteiger charge is -2.07. The van der Waals surface area contributed by atoms with Crippen molar-refractivity contribution in [3.05, 3.63) is 80.1 Å². The maximum Gasteiger partial charge on any atom is 0.344 e. The molecule has 0 radical (unpaired) electrons. The second-order valence-electron chi connectivity index (χ2n) is 7.87. The van der Waals surface area contributed by atoms with Crippen LogP contribution < -0.4 is 15.5 Å². The minimum Gasteiger partial charge on any atom is -0.462 e. The Kier molecular flexibility index (Phi) is 8.47. The van der Waals surface area contributed by atoms with Gasteiger partial charge in [0.05, 0.1) is 23.9 Å². The third kappa shape index (κ3) is 6.30. The molecular weight excluding hydrogens is 562 g/mol. The molecule has 0 spiro atoms. The van der Waals surface area contributed by atoms with Crippen LogP contribution in [0.1, 0.15) is 50.1 Å². The summed E-state index contributed by atoms with van der Waals surface area (Å²) >= 11 is 4.60. The third-order valence-electron chi connectivity index (χ3n) is 5.40. The van der Waals surface area contributed by atoms with Gasteiger partial charge in [0.25, 0.3) is 0 Å². The number of thiophene rings is 1. The number of esters is 2. The largest absolute Gasteiger partial charge is 0.462 e. The number of aryl methyl sites for hydroxylation is 1. The Morgan fingerprint density at radius 2 is 1.78 bits per heavy atom. The number of rotatable bonds is 7. The standard InChI is InChI=1S/C26H22BrN3O6S/c1-2-35-26(34)21-18-7-5-9-20(18)37-24(21)29-22(31)23(32)30-28-14-15-10-12-16(13-11-15)36-25(33)17-6-3-4-8-19(17)27/h3-4,6,8,10-14H,2,5,7,9H2,1H3,(H,29,31)(H,30,32). The number of benzene rings is 2. The molecular formula is C26H22BrN3O6S. The van der Waals surface area contributed by atoms with Gasteiger partial charge in [-0.05, 0) is 89.6 Å². The molecule has 0 bridgehead atoms. The molecule has 11 heteroatoms. The van der Waals surface area contributed by atoms with Crippen LogP contribution in [0, 0.1) is 0 Å². The quantitative estimate of drug-likeness (QED) is 0.139. The molecule has 9 nitrogen and oxygen atoms in total. The van der Waals surface area contributed by atoms with E-state index in [4.69, 9.17) is 9.47 Å². The van der Waals surface area contributed by atoms with Gasteiger partial charge < -0.3 is 14.8 Å². The van der Waals surface area contributed by atoms with Crippen molar-refractivity contribution in [1.82, 2.24) is 5.43 Å². The lowest BCUT2D eigenvalue weighted by atomic mass is 10.1. The minimum absolute atomic E-state index is 0.209. The summed E-state index contributed by atoms with van der Waals surface area (Å²) in [5.41, 5.74) is 4.36. The van der Waals surface area contributed by atoms with Crippen LogP contribution in [0.2, 0.25) is 0 Å². The van der Waals surface area contributed by atoms with Crippen molar-refractivity contribution in [2.24, 2.45) is 5.10 Å². The number of hydrazone groups is 1. The lowest BCUT2D eigenvalue weighted by molar-refractivity contribution is -0.136. The summed E-state index contributed by atoms with van der Waals surface area (Å²) < 4.78 is 11.1. The van der Waals surface area contributed by atoms with Gasteiger partial charge in [-0.2, -0.15) is 5.10 Å². The second-order valence-corrected chi connectivity index (χ2v) is 9.83. The normalized spacial score (nSPS) is 12.2. The van der Waals surface area contributed by atoms with E-state index >= 15 is 0 Å². The van der Waals surface area contributed by atoms with E-state index in [1.165, 1.54) is 17.6 Å². The lowest BCUT2D eigenvalue weighted by Crippen LogP contribution is -2.32. The zero-order chi connectivity index (χ0) is 26.4. The fourth-order valence-corrected chi connectivity index (χ4v) is 5.42. The number of hydrogen-bond donors (Lipinski definition) is 2. The Balaban J connectivity index is 1.33. The summed E-state index contributed by atoms with van der Waals surface area (Å²) in [6, 6.07) is 13.4. The number of ether oxygens (including phenoxy) is 2. The van der Waals surface area contributed by atoms with Gasteiger partial charge >= 0.3 is 23.8 Å². The van der Waals surface area contributed by atoms with E-state index < -0.39 is 23.8 Å². The number of carbonyl (C=O) groups is 4. The molecule has 190 valence electrons. The van der Waals surface area contributed by atoms with Crippen LogP contribution in [0.3, 0.4) is 0 Å². The summed E-state index contributed by atoms with van der Waals surface area (Å²) in [6.07, 6.45) is 3.83. The van der Waals surface area contributed by atoms with Crippen molar-refractivity contribution < 1.29 is 28.7 Å². The van der Waals surface area contributed by atoms with E-state index in [0.717, 1.165) is 29.7 Å². The predicted molar refractivity (Wildman–Crippen MR) is 142 cm³/mol. The first-order valence-electron chi connectivity index (χ1n) is 11.4. The maximum absolute atomic E-state index is 12.4. The number of halogens is 1. The molecule has 0 unspecified atom stereocenters. The monoisotopic (exact) mass is 583 g/mol. The van der Waals surface area contributed by atoms with Gasteiger partial charge in [0.1, 0.15) is 10.8 Å². The number of amides is 2. The molecule has 0 saturated carbocycles. The van der Waals surface area contributed by atoms with E-state index in [-0.39, 0.29) is 6.61 Å². The van der Waals surface area contributed by atoms with Gasteiger partial charge in [0, 0.05) is 9.35 Å². The zero-order valence-electron chi connectivity index (χ0n) is 19.7. The predicted octanol–water partition coefficient (Wildman–Crippen LogP) is 4.48.